The van der Waals surface area contributed by atoms with Crippen molar-refractivity contribution in [3.05, 3.63) is 157 Å². The van der Waals surface area contributed by atoms with Crippen molar-refractivity contribution < 1.29 is 4.74 Å². The fourth-order valence-electron chi connectivity index (χ4n) is 6.73. The van der Waals surface area contributed by atoms with Crippen molar-refractivity contribution in [2.24, 2.45) is 0 Å². The average Bonchev–Trinajstić information content (AvgIpc) is 3.67. The first-order chi connectivity index (χ1) is 23.2. The maximum absolute atomic E-state index is 6.73. The number of pyridine rings is 1. The van der Waals surface area contributed by atoms with Gasteiger partial charge < -0.3 is 4.74 Å². The number of para-hydroxylation sites is 3. The van der Waals surface area contributed by atoms with Crippen molar-refractivity contribution >= 4 is 32.8 Å². The number of benzene rings is 5. The summed E-state index contributed by atoms with van der Waals surface area (Å²) in [5.41, 5.74) is 8.58. The highest BCUT2D eigenvalue weighted by atomic mass is 16.5. The largest absolute Gasteiger partial charge is 0.457 e. The molecule has 0 atom stereocenters. The summed E-state index contributed by atoms with van der Waals surface area (Å²) in [6.07, 6.45) is 3.82. The number of nitrogens with zero attached hydrogens (tertiary/aromatic N) is 4. The molecule has 0 bridgehead atoms. The summed E-state index contributed by atoms with van der Waals surface area (Å²) in [6.45, 7) is 11.2. The third-order valence-electron chi connectivity index (χ3n) is 9.56. The molecule has 0 aliphatic rings. The third kappa shape index (κ3) is 5.12. The van der Waals surface area contributed by atoms with E-state index in [0.29, 0.717) is 0 Å². The van der Waals surface area contributed by atoms with E-state index in [0.717, 1.165) is 50.5 Å². The van der Waals surface area contributed by atoms with Crippen LogP contribution in [0.5, 0.6) is 11.5 Å². The summed E-state index contributed by atoms with van der Waals surface area (Å²) in [7, 11) is 0. The minimum Gasteiger partial charge on any atom is -0.457 e. The minimum atomic E-state index is -0.192. The zero-order valence-electron chi connectivity index (χ0n) is 28.0. The highest BCUT2D eigenvalue weighted by molar-refractivity contribution is 6.09. The molecular formula is C43H38N4O. The highest BCUT2D eigenvalue weighted by Gasteiger charge is 2.24. The summed E-state index contributed by atoms with van der Waals surface area (Å²) in [5.74, 6) is 2.42. The first-order valence-electron chi connectivity index (χ1n) is 16.5. The molecule has 0 N–H and O–H groups in total. The Hall–Kier alpha value is -5.68. The van der Waals surface area contributed by atoms with Crippen molar-refractivity contribution in [2.45, 2.75) is 45.4 Å². The monoisotopic (exact) mass is 626 g/mol. The van der Waals surface area contributed by atoms with E-state index >= 15 is 0 Å². The first kappa shape index (κ1) is 29.7. The standard InChI is InChI=1S/C43H38N4O/c1-42(2,3)31-23-32(46-28-45-37-16-10-12-18-39(37)46)26-34(24-31)48-33-19-20-36-35-15-9-11-17-38(35)47(40(36)27-33)41-25-30(21-22-44-41)43(4,5)29-13-7-6-8-14-29/h6-28H,1-5H3. The molecule has 0 aliphatic carbocycles. The molecule has 0 radical (unpaired) electrons. The Balaban J connectivity index is 1.25. The SMILES string of the molecule is CC(C)(C)c1cc(Oc2ccc3c4ccccc4n(-c4cc(C(C)(C)c5ccccc5)ccn4)c3c2)cc(-n2cnc3ccccc32)c1. The van der Waals surface area contributed by atoms with E-state index in [9.17, 15) is 0 Å². The molecule has 0 fully saturated rings. The number of ether oxygens (including phenoxy) is 1. The quantitative estimate of drug-likeness (QED) is 0.184. The van der Waals surface area contributed by atoms with Gasteiger partial charge in [-0.15, -0.1) is 0 Å². The van der Waals surface area contributed by atoms with E-state index in [4.69, 9.17) is 9.72 Å². The van der Waals surface area contributed by atoms with Gasteiger partial charge in [-0.1, -0.05) is 95.3 Å². The summed E-state index contributed by atoms with van der Waals surface area (Å²) in [5, 5.41) is 2.33. The molecule has 8 rings (SSSR count). The maximum atomic E-state index is 6.73. The van der Waals surface area contributed by atoms with Gasteiger partial charge in [-0.2, -0.15) is 0 Å². The molecule has 0 spiro atoms. The lowest BCUT2D eigenvalue weighted by molar-refractivity contribution is 0.479. The van der Waals surface area contributed by atoms with Gasteiger partial charge in [0.2, 0.25) is 0 Å². The second kappa shape index (κ2) is 11.2. The third-order valence-corrected chi connectivity index (χ3v) is 9.56. The molecule has 0 saturated heterocycles. The van der Waals surface area contributed by atoms with E-state index in [1.807, 2.05) is 30.7 Å². The van der Waals surface area contributed by atoms with Gasteiger partial charge in [0.05, 0.1) is 27.8 Å². The lowest BCUT2D eigenvalue weighted by Crippen LogP contribution is -2.19. The van der Waals surface area contributed by atoms with Crippen molar-refractivity contribution in [3.63, 3.8) is 0 Å². The van der Waals surface area contributed by atoms with Gasteiger partial charge in [0.1, 0.15) is 23.6 Å². The zero-order chi connectivity index (χ0) is 33.0. The van der Waals surface area contributed by atoms with Gasteiger partial charge in [0.25, 0.3) is 0 Å². The lowest BCUT2D eigenvalue weighted by Gasteiger charge is -2.26. The van der Waals surface area contributed by atoms with Gasteiger partial charge in [-0.3, -0.25) is 9.13 Å². The Kier molecular flexibility index (Phi) is 6.95. The Labute approximate surface area is 281 Å². The van der Waals surface area contributed by atoms with Crippen LogP contribution in [0.15, 0.2) is 140 Å². The molecule has 0 aliphatic heterocycles. The molecule has 3 heterocycles. The van der Waals surface area contributed by atoms with Crippen molar-refractivity contribution in [2.75, 3.05) is 0 Å². The van der Waals surface area contributed by atoms with Crippen LogP contribution in [-0.4, -0.2) is 19.1 Å². The lowest BCUT2D eigenvalue weighted by atomic mass is 9.78. The fraction of sp³-hybridized carbons (Fsp3) is 0.163. The minimum absolute atomic E-state index is 0.0783. The van der Waals surface area contributed by atoms with Crippen LogP contribution < -0.4 is 4.74 Å². The number of fused-ring (bicyclic) bond motifs is 4. The van der Waals surface area contributed by atoms with Gasteiger partial charge in [-0.25, -0.2) is 9.97 Å². The number of imidazole rings is 1. The number of hydrogen-bond acceptors (Lipinski definition) is 3. The maximum Gasteiger partial charge on any atom is 0.137 e. The summed E-state index contributed by atoms with van der Waals surface area (Å²) < 4.78 is 11.1. The van der Waals surface area contributed by atoms with E-state index in [1.54, 1.807) is 0 Å². The van der Waals surface area contributed by atoms with Crippen molar-refractivity contribution in [3.8, 4) is 23.0 Å². The van der Waals surface area contributed by atoms with Crippen LogP contribution in [0.4, 0.5) is 0 Å². The number of rotatable bonds is 6. The van der Waals surface area contributed by atoms with Gasteiger partial charge in [-0.05, 0) is 76.7 Å². The number of hydrogen-bond donors (Lipinski definition) is 0. The zero-order valence-corrected chi connectivity index (χ0v) is 28.0. The topological polar surface area (TPSA) is 44.9 Å². The predicted molar refractivity (Wildman–Crippen MR) is 197 cm³/mol. The highest BCUT2D eigenvalue weighted by Crippen LogP contribution is 2.38. The molecule has 5 aromatic carbocycles. The van der Waals surface area contributed by atoms with Gasteiger partial charge >= 0.3 is 0 Å². The molecule has 8 aromatic rings. The Morgan fingerprint density at radius 3 is 2.08 bits per heavy atom. The van der Waals surface area contributed by atoms with Crippen LogP contribution in [0.2, 0.25) is 0 Å². The Morgan fingerprint density at radius 1 is 0.542 bits per heavy atom. The molecule has 48 heavy (non-hydrogen) atoms. The van der Waals surface area contributed by atoms with Gasteiger partial charge in [0.15, 0.2) is 0 Å². The molecule has 5 heteroatoms. The second-order valence-corrected chi connectivity index (χ2v) is 14.1. The molecule has 236 valence electrons. The van der Waals surface area contributed by atoms with E-state index in [2.05, 4.69) is 158 Å². The normalized spacial score (nSPS) is 12.3. The van der Waals surface area contributed by atoms with Crippen LogP contribution in [0.1, 0.15) is 51.3 Å². The molecule has 0 saturated carbocycles. The predicted octanol–water partition coefficient (Wildman–Crippen LogP) is 10.9. The fourth-order valence-corrected chi connectivity index (χ4v) is 6.73. The Bertz CT molecular complexity index is 2440. The summed E-state index contributed by atoms with van der Waals surface area (Å²) in [6, 6.07) is 44.6. The average molecular weight is 627 g/mol. The van der Waals surface area contributed by atoms with Crippen LogP contribution in [0.25, 0.3) is 44.3 Å². The van der Waals surface area contributed by atoms with Gasteiger partial charge in [0, 0.05) is 34.5 Å². The van der Waals surface area contributed by atoms with Crippen LogP contribution >= 0.6 is 0 Å². The van der Waals surface area contributed by atoms with Crippen LogP contribution in [-0.2, 0) is 10.8 Å². The van der Waals surface area contributed by atoms with E-state index in [-0.39, 0.29) is 10.8 Å². The van der Waals surface area contributed by atoms with E-state index in [1.165, 1.54) is 22.1 Å². The molecule has 0 unspecified atom stereocenters. The Morgan fingerprint density at radius 2 is 1.27 bits per heavy atom. The number of aromatic nitrogens is 4. The van der Waals surface area contributed by atoms with E-state index < -0.39 is 0 Å². The smallest absolute Gasteiger partial charge is 0.137 e. The van der Waals surface area contributed by atoms with Crippen molar-refractivity contribution in [1.82, 2.24) is 19.1 Å². The van der Waals surface area contributed by atoms with Crippen molar-refractivity contribution in [1.29, 1.82) is 0 Å². The molecule has 5 nitrogen and oxygen atoms in total. The molecule has 3 aromatic heterocycles. The van der Waals surface area contributed by atoms with Crippen LogP contribution in [0, 0.1) is 0 Å². The summed E-state index contributed by atoms with van der Waals surface area (Å²) >= 11 is 0. The molecule has 0 amide bonds. The molecular weight excluding hydrogens is 589 g/mol. The first-order valence-corrected chi connectivity index (χ1v) is 16.5. The summed E-state index contributed by atoms with van der Waals surface area (Å²) in [4.78, 5) is 9.57. The second-order valence-electron chi connectivity index (χ2n) is 14.1. The van der Waals surface area contributed by atoms with Crippen LogP contribution in [0.3, 0.4) is 0 Å².